The lowest BCUT2D eigenvalue weighted by Crippen LogP contribution is -2.31. The molecule has 0 bridgehead atoms. The third kappa shape index (κ3) is 4.70. The molecule has 2 N–H and O–H groups in total. The molecule has 2 heterocycles. The molecule has 0 radical (unpaired) electrons. The molecule has 0 spiro atoms. The van der Waals surface area contributed by atoms with Crippen LogP contribution in [0.4, 0.5) is 5.69 Å². The van der Waals surface area contributed by atoms with Gasteiger partial charge in [0.25, 0.3) is 17.4 Å². The van der Waals surface area contributed by atoms with Gasteiger partial charge >= 0.3 is 0 Å². The Morgan fingerprint density at radius 1 is 1.00 bits per heavy atom. The molecule has 7 nitrogen and oxygen atoms in total. The van der Waals surface area contributed by atoms with Crippen molar-refractivity contribution in [3.8, 4) is 0 Å². The number of benzene rings is 2. The molecule has 0 atom stereocenters. The number of aryl methyl sites for hydroxylation is 2. The summed E-state index contributed by atoms with van der Waals surface area (Å²) in [6.45, 7) is 5.95. The number of amides is 2. The van der Waals surface area contributed by atoms with E-state index in [0.29, 0.717) is 29.3 Å². The van der Waals surface area contributed by atoms with Gasteiger partial charge in [-0.25, -0.2) is 9.38 Å². The second kappa shape index (κ2) is 9.38. The molecule has 0 saturated carbocycles. The van der Waals surface area contributed by atoms with E-state index in [2.05, 4.69) is 15.6 Å². The lowest BCUT2D eigenvalue weighted by Gasteiger charge is -2.11. The van der Waals surface area contributed by atoms with Crippen LogP contribution in [0.5, 0.6) is 0 Å². The van der Waals surface area contributed by atoms with Crippen LogP contribution in [-0.2, 0) is 6.42 Å². The van der Waals surface area contributed by atoms with Crippen molar-refractivity contribution in [1.29, 1.82) is 0 Å². The first-order valence-corrected chi connectivity index (χ1v) is 11.4. The second-order valence-electron chi connectivity index (χ2n) is 7.83. The second-order valence-corrected chi connectivity index (χ2v) is 8.80. The zero-order valence-electron chi connectivity index (χ0n) is 18.6. The Morgan fingerprint density at radius 3 is 2.52 bits per heavy atom. The van der Waals surface area contributed by atoms with Gasteiger partial charge in [-0.05, 0) is 49.9 Å². The summed E-state index contributed by atoms with van der Waals surface area (Å²) in [4.78, 5) is 44.0. The molecule has 0 aliphatic rings. The highest BCUT2D eigenvalue weighted by Gasteiger charge is 2.26. The van der Waals surface area contributed by atoms with Crippen LogP contribution in [0.2, 0.25) is 0 Å². The Balaban J connectivity index is 1.68. The fourth-order valence-corrected chi connectivity index (χ4v) is 4.63. The Morgan fingerprint density at radius 2 is 1.76 bits per heavy atom. The summed E-state index contributed by atoms with van der Waals surface area (Å²) in [7, 11) is 0. The van der Waals surface area contributed by atoms with Crippen LogP contribution in [0.15, 0.2) is 59.4 Å². The molecule has 8 heteroatoms. The predicted molar refractivity (Wildman–Crippen MR) is 130 cm³/mol. The quantitative estimate of drug-likeness (QED) is 0.456. The van der Waals surface area contributed by atoms with Gasteiger partial charge in [0.1, 0.15) is 10.6 Å². The first-order valence-electron chi connectivity index (χ1n) is 10.6. The van der Waals surface area contributed by atoms with Crippen molar-refractivity contribution in [2.45, 2.75) is 27.2 Å². The van der Waals surface area contributed by atoms with Crippen molar-refractivity contribution in [2.24, 2.45) is 0 Å². The Hall–Kier alpha value is -3.78. The number of rotatable bonds is 6. The minimum atomic E-state index is -0.490. The molecule has 2 aromatic carbocycles. The topological polar surface area (TPSA) is 92.6 Å². The van der Waals surface area contributed by atoms with Gasteiger partial charge < -0.3 is 10.6 Å². The molecule has 0 unspecified atom stereocenters. The van der Waals surface area contributed by atoms with Crippen LogP contribution >= 0.6 is 11.3 Å². The Labute approximate surface area is 195 Å². The van der Waals surface area contributed by atoms with Crippen LogP contribution in [0, 0.1) is 20.8 Å². The Bertz CT molecular complexity index is 1410. The number of carbonyl (C=O) groups is 2. The summed E-state index contributed by atoms with van der Waals surface area (Å²) >= 11 is 1.03. The maximum Gasteiger partial charge on any atom is 0.270 e. The van der Waals surface area contributed by atoms with Gasteiger partial charge in [-0.15, -0.1) is 0 Å². The highest BCUT2D eigenvalue weighted by atomic mass is 32.1. The maximum atomic E-state index is 13.2. The van der Waals surface area contributed by atoms with Gasteiger partial charge in [-0.1, -0.05) is 53.8 Å². The van der Waals surface area contributed by atoms with Crippen LogP contribution in [-0.4, -0.2) is 27.7 Å². The molecule has 0 saturated heterocycles. The lowest BCUT2D eigenvalue weighted by atomic mass is 10.1. The smallest absolute Gasteiger partial charge is 0.270 e. The normalized spacial score (nSPS) is 10.9. The minimum Gasteiger partial charge on any atom is -0.350 e. The standard InChI is InChI=1S/C25H24N4O3S/c1-15-8-7-11-19(17(15)3)28-24(32)22-21(29-20(30)14-16(2)27-25(29)33-22)23(31)26-13-12-18-9-5-4-6-10-18/h4-11,14H,12-13H2,1-3H3,(H,26,31)(H,28,32). The van der Waals surface area contributed by atoms with E-state index in [0.717, 1.165) is 28.0 Å². The van der Waals surface area contributed by atoms with Gasteiger partial charge in [0.05, 0.1) is 0 Å². The molecule has 33 heavy (non-hydrogen) atoms. The molecule has 0 aliphatic heterocycles. The summed E-state index contributed by atoms with van der Waals surface area (Å²) in [5.41, 5.74) is 3.85. The van der Waals surface area contributed by atoms with Crippen molar-refractivity contribution in [1.82, 2.24) is 14.7 Å². The van der Waals surface area contributed by atoms with E-state index in [4.69, 9.17) is 0 Å². The molecule has 168 valence electrons. The molecule has 4 aromatic rings. The van der Waals surface area contributed by atoms with E-state index in [1.165, 1.54) is 10.5 Å². The van der Waals surface area contributed by atoms with Crippen molar-refractivity contribution in [3.05, 3.63) is 97.9 Å². The zero-order chi connectivity index (χ0) is 23.5. The van der Waals surface area contributed by atoms with Crippen LogP contribution in [0.3, 0.4) is 0 Å². The number of hydrogen-bond acceptors (Lipinski definition) is 5. The number of hydrogen-bond donors (Lipinski definition) is 2. The number of nitrogens with zero attached hydrogens (tertiary/aromatic N) is 2. The van der Waals surface area contributed by atoms with Crippen LogP contribution in [0.1, 0.15) is 42.5 Å². The number of anilines is 1. The van der Waals surface area contributed by atoms with E-state index in [1.807, 2.05) is 62.4 Å². The Kier molecular flexibility index (Phi) is 6.37. The number of thiazole rings is 1. The van der Waals surface area contributed by atoms with E-state index < -0.39 is 17.4 Å². The summed E-state index contributed by atoms with van der Waals surface area (Å²) in [6.07, 6.45) is 0.630. The van der Waals surface area contributed by atoms with Gasteiger partial charge in [0.2, 0.25) is 0 Å². The lowest BCUT2D eigenvalue weighted by molar-refractivity contribution is 0.0936. The maximum absolute atomic E-state index is 13.2. The molecule has 4 rings (SSSR count). The predicted octanol–water partition coefficient (Wildman–Crippen LogP) is 3.91. The van der Waals surface area contributed by atoms with Crippen molar-refractivity contribution >= 4 is 33.8 Å². The van der Waals surface area contributed by atoms with E-state index >= 15 is 0 Å². The number of nitrogens with one attached hydrogen (secondary N) is 2. The third-order valence-electron chi connectivity index (χ3n) is 5.46. The first kappa shape index (κ1) is 22.4. The number of carbonyl (C=O) groups excluding carboxylic acids is 2. The molecule has 0 fully saturated rings. The van der Waals surface area contributed by atoms with Gasteiger partial charge in [0, 0.05) is 24.0 Å². The van der Waals surface area contributed by atoms with Gasteiger partial charge in [0.15, 0.2) is 4.96 Å². The summed E-state index contributed by atoms with van der Waals surface area (Å²) in [5.74, 6) is -0.944. The van der Waals surface area contributed by atoms with Crippen molar-refractivity contribution in [3.63, 3.8) is 0 Å². The number of aromatic nitrogens is 2. The third-order valence-corrected chi connectivity index (χ3v) is 6.50. The van der Waals surface area contributed by atoms with E-state index in [1.54, 1.807) is 6.92 Å². The van der Waals surface area contributed by atoms with Crippen molar-refractivity contribution < 1.29 is 9.59 Å². The molecule has 0 aliphatic carbocycles. The van der Waals surface area contributed by atoms with Crippen LogP contribution < -0.4 is 16.2 Å². The zero-order valence-corrected chi connectivity index (χ0v) is 19.5. The van der Waals surface area contributed by atoms with E-state index in [9.17, 15) is 14.4 Å². The fraction of sp³-hybridized carbons (Fsp3) is 0.200. The molecular formula is C25H24N4O3S. The largest absolute Gasteiger partial charge is 0.350 e. The highest BCUT2D eigenvalue weighted by Crippen LogP contribution is 2.24. The highest BCUT2D eigenvalue weighted by molar-refractivity contribution is 7.19. The molecule has 2 amide bonds. The number of fused-ring (bicyclic) bond motifs is 1. The molecular weight excluding hydrogens is 436 g/mol. The van der Waals surface area contributed by atoms with Crippen molar-refractivity contribution in [2.75, 3.05) is 11.9 Å². The SMILES string of the molecule is Cc1cc(=O)n2c(C(=O)NCCc3ccccc3)c(C(=O)Nc3cccc(C)c3C)sc2n1. The summed E-state index contributed by atoms with van der Waals surface area (Å²) < 4.78 is 1.22. The van der Waals surface area contributed by atoms with Gasteiger partial charge in [-0.3, -0.25) is 14.4 Å². The molecule has 2 aromatic heterocycles. The van der Waals surface area contributed by atoms with E-state index in [-0.39, 0.29) is 10.6 Å². The summed E-state index contributed by atoms with van der Waals surface area (Å²) in [6, 6.07) is 16.7. The first-order chi connectivity index (χ1) is 15.8. The average Bonchev–Trinajstić information content (AvgIpc) is 3.17. The fourth-order valence-electron chi connectivity index (χ4n) is 3.56. The minimum absolute atomic E-state index is 0.00312. The summed E-state index contributed by atoms with van der Waals surface area (Å²) in [5, 5.41) is 5.74. The monoisotopic (exact) mass is 460 g/mol. The van der Waals surface area contributed by atoms with Crippen LogP contribution in [0.25, 0.3) is 4.96 Å². The average molecular weight is 461 g/mol. The van der Waals surface area contributed by atoms with Gasteiger partial charge in [-0.2, -0.15) is 0 Å².